The Hall–Kier alpha value is -1.17. The van der Waals surface area contributed by atoms with Gasteiger partial charge in [-0.3, -0.25) is 9.69 Å². The lowest BCUT2D eigenvalue weighted by atomic mass is 10.0. The topological polar surface area (TPSA) is 35.6 Å². The van der Waals surface area contributed by atoms with Crippen LogP contribution in [0.15, 0.2) is 18.2 Å². The normalized spacial score (nSPS) is 22.1. The summed E-state index contributed by atoms with van der Waals surface area (Å²) in [5.41, 5.74) is 0.937. The molecule has 3 rings (SSSR count). The minimum atomic E-state index is -0.309. The number of amides is 1. The van der Waals surface area contributed by atoms with Crippen LogP contribution in [0, 0.1) is 11.7 Å². The molecule has 0 radical (unpaired) electrons. The molecule has 1 N–H and O–H groups in total. The maximum atomic E-state index is 13.1. The fourth-order valence-electron chi connectivity index (χ4n) is 3.49. The number of carbonyl (C=O) groups is 1. The molecule has 4 nitrogen and oxygen atoms in total. The van der Waals surface area contributed by atoms with Crippen molar-refractivity contribution >= 4 is 17.5 Å². The summed E-state index contributed by atoms with van der Waals surface area (Å²) in [5, 5.41) is 3.82. The van der Waals surface area contributed by atoms with Gasteiger partial charge in [-0.05, 0) is 49.5 Å². The summed E-state index contributed by atoms with van der Waals surface area (Å²) in [6.45, 7) is 6.05. The zero-order valence-electron chi connectivity index (χ0n) is 13.9. The molecule has 0 spiro atoms. The average molecular weight is 354 g/mol. The first-order valence-corrected chi connectivity index (χ1v) is 9.14. The molecule has 2 saturated heterocycles. The van der Waals surface area contributed by atoms with E-state index in [0.29, 0.717) is 23.9 Å². The van der Waals surface area contributed by atoms with Crippen LogP contribution in [0.25, 0.3) is 0 Å². The van der Waals surface area contributed by atoms with Gasteiger partial charge in [-0.25, -0.2) is 4.39 Å². The predicted octanol–water partition coefficient (Wildman–Crippen LogP) is 2.51. The number of hydrogen-bond acceptors (Lipinski definition) is 3. The highest BCUT2D eigenvalue weighted by atomic mass is 35.5. The van der Waals surface area contributed by atoms with E-state index in [2.05, 4.69) is 10.2 Å². The molecule has 132 valence electrons. The van der Waals surface area contributed by atoms with E-state index in [-0.39, 0.29) is 11.7 Å². The fraction of sp³-hybridized carbons (Fsp3) is 0.611. The molecule has 1 aromatic rings. The van der Waals surface area contributed by atoms with Gasteiger partial charge < -0.3 is 10.2 Å². The van der Waals surface area contributed by atoms with Gasteiger partial charge in [-0.1, -0.05) is 17.7 Å². The molecule has 24 heavy (non-hydrogen) atoms. The standard InChI is InChI=1S/C18H25ClFN3O/c19-17-11-16(20)3-2-15(17)13-22-7-9-23(10-8-22)18(24)4-1-14-5-6-21-12-14/h2-3,11,14,21H,1,4-10,12-13H2. The average Bonchev–Trinajstić information content (AvgIpc) is 3.09. The summed E-state index contributed by atoms with van der Waals surface area (Å²) in [6.07, 6.45) is 2.85. The molecule has 0 aromatic heterocycles. The van der Waals surface area contributed by atoms with Crippen molar-refractivity contribution in [3.63, 3.8) is 0 Å². The first-order valence-electron chi connectivity index (χ1n) is 8.76. The van der Waals surface area contributed by atoms with Crippen LogP contribution in [0.3, 0.4) is 0 Å². The van der Waals surface area contributed by atoms with E-state index in [4.69, 9.17) is 11.6 Å². The summed E-state index contributed by atoms with van der Waals surface area (Å²) in [5.74, 6) is 0.633. The second-order valence-corrected chi connectivity index (χ2v) is 7.20. The van der Waals surface area contributed by atoms with Gasteiger partial charge in [-0.15, -0.1) is 0 Å². The van der Waals surface area contributed by atoms with Crippen molar-refractivity contribution < 1.29 is 9.18 Å². The van der Waals surface area contributed by atoms with Crippen LogP contribution in [-0.4, -0.2) is 55.0 Å². The van der Waals surface area contributed by atoms with Crippen molar-refractivity contribution in [2.45, 2.75) is 25.8 Å². The minimum Gasteiger partial charge on any atom is -0.340 e. The van der Waals surface area contributed by atoms with Crippen molar-refractivity contribution in [3.8, 4) is 0 Å². The van der Waals surface area contributed by atoms with Crippen molar-refractivity contribution in [3.05, 3.63) is 34.6 Å². The number of carbonyl (C=O) groups excluding carboxylic acids is 1. The quantitative estimate of drug-likeness (QED) is 0.883. The van der Waals surface area contributed by atoms with Gasteiger partial charge in [0.1, 0.15) is 5.82 Å². The molecule has 0 saturated carbocycles. The first-order chi connectivity index (χ1) is 11.6. The van der Waals surface area contributed by atoms with Gasteiger partial charge >= 0.3 is 0 Å². The van der Waals surface area contributed by atoms with Gasteiger partial charge in [0.05, 0.1) is 0 Å². The number of nitrogens with zero attached hydrogens (tertiary/aromatic N) is 2. The van der Waals surface area contributed by atoms with Crippen LogP contribution in [-0.2, 0) is 11.3 Å². The molecule has 2 aliphatic heterocycles. The van der Waals surface area contributed by atoms with Crippen LogP contribution in [0.4, 0.5) is 4.39 Å². The van der Waals surface area contributed by atoms with E-state index in [0.717, 1.165) is 51.3 Å². The molecule has 1 atom stereocenters. The summed E-state index contributed by atoms with van der Waals surface area (Å²) in [7, 11) is 0. The summed E-state index contributed by atoms with van der Waals surface area (Å²) in [6, 6.07) is 4.54. The Labute approximate surface area is 147 Å². The number of rotatable bonds is 5. The van der Waals surface area contributed by atoms with Crippen molar-refractivity contribution in [2.24, 2.45) is 5.92 Å². The zero-order valence-corrected chi connectivity index (χ0v) is 14.7. The monoisotopic (exact) mass is 353 g/mol. The molecule has 2 aliphatic rings. The maximum absolute atomic E-state index is 13.1. The molecule has 1 unspecified atom stereocenters. The van der Waals surface area contributed by atoms with E-state index in [9.17, 15) is 9.18 Å². The van der Waals surface area contributed by atoms with Gasteiger partial charge in [0.2, 0.25) is 5.91 Å². The predicted molar refractivity (Wildman–Crippen MR) is 93.5 cm³/mol. The molecule has 1 amide bonds. The second-order valence-electron chi connectivity index (χ2n) is 6.79. The van der Waals surface area contributed by atoms with Crippen molar-refractivity contribution in [1.29, 1.82) is 0 Å². The van der Waals surface area contributed by atoms with Gasteiger partial charge in [0, 0.05) is 44.2 Å². The summed E-state index contributed by atoms with van der Waals surface area (Å²) < 4.78 is 13.1. The van der Waals surface area contributed by atoms with E-state index in [1.165, 1.54) is 18.6 Å². The Bertz CT molecular complexity index is 569. The largest absolute Gasteiger partial charge is 0.340 e. The van der Waals surface area contributed by atoms with Crippen LogP contribution < -0.4 is 5.32 Å². The lowest BCUT2D eigenvalue weighted by Crippen LogP contribution is -2.48. The Morgan fingerprint density at radius 2 is 2.08 bits per heavy atom. The highest BCUT2D eigenvalue weighted by Gasteiger charge is 2.23. The van der Waals surface area contributed by atoms with E-state index in [1.54, 1.807) is 6.07 Å². The van der Waals surface area contributed by atoms with Crippen LogP contribution in [0.1, 0.15) is 24.8 Å². The summed E-state index contributed by atoms with van der Waals surface area (Å²) >= 11 is 6.09. The Balaban J connectivity index is 1.42. The van der Waals surface area contributed by atoms with E-state index < -0.39 is 0 Å². The second kappa shape index (κ2) is 8.28. The Morgan fingerprint density at radius 1 is 1.29 bits per heavy atom. The molecular weight excluding hydrogens is 329 g/mol. The maximum Gasteiger partial charge on any atom is 0.222 e. The fourth-order valence-corrected chi connectivity index (χ4v) is 3.72. The third-order valence-electron chi connectivity index (χ3n) is 5.06. The molecule has 0 aliphatic carbocycles. The Morgan fingerprint density at radius 3 is 2.75 bits per heavy atom. The molecule has 1 aromatic carbocycles. The highest BCUT2D eigenvalue weighted by Crippen LogP contribution is 2.20. The number of halogens is 2. The third kappa shape index (κ3) is 4.68. The van der Waals surface area contributed by atoms with Crippen molar-refractivity contribution in [2.75, 3.05) is 39.3 Å². The lowest BCUT2D eigenvalue weighted by Gasteiger charge is -2.35. The number of nitrogens with one attached hydrogen (secondary N) is 1. The van der Waals surface area contributed by atoms with Gasteiger partial charge in [0.25, 0.3) is 0 Å². The Kier molecular flexibility index (Phi) is 6.09. The van der Waals surface area contributed by atoms with Crippen molar-refractivity contribution in [1.82, 2.24) is 15.1 Å². The minimum absolute atomic E-state index is 0.279. The first kappa shape index (κ1) is 17.6. The third-order valence-corrected chi connectivity index (χ3v) is 5.41. The van der Waals surface area contributed by atoms with Gasteiger partial charge in [-0.2, -0.15) is 0 Å². The smallest absolute Gasteiger partial charge is 0.222 e. The number of hydrogen-bond donors (Lipinski definition) is 1. The highest BCUT2D eigenvalue weighted by molar-refractivity contribution is 6.31. The zero-order chi connectivity index (χ0) is 16.9. The van der Waals surface area contributed by atoms with Crippen LogP contribution >= 0.6 is 11.6 Å². The SMILES string of the molecule is O=C(CCC1CCNC1)N1CCN(Cc2ccc(F)cc2Cl)CC1. The molecular formula is C18H25ClFN3O. The number of benzene rings is 1. The lowest BCUT2D eigenvalue weighted by molar-refractivity contribution is -0.133. The van der Waals surface area contributed by atoms with Gasteiger partial charge in [0.15, 0.2) is 0 Å². The van der Waals surface area contributed by atoms with E-state index in [1.807, 2.05) is 4.90 Å². The van der Waals surface area contributed by atoms with Crippen LogP contribution in [0.5, 0.6) is 0 Å². The number of piperazine rings is 1. The van der Waals surface area contributed by atoms with Crippen LogP contribution in [0.2, 0.25) is 5.02 Å². The summed E-state index contributed by atoms with van der Waals surface area (Å²) in [4.78, 5) is 16.6. The molecule has 0 bridgehead atoms. The molecule has 2 fully saturated rings. The molecule has 6 heteroatoms. The van der Waals surface area contributed by atoms with E-state index >= 15 is 0 Å². The molecule has 2 heterocycles.